The van der Waals surface area contributed by atoms with Gasteiger partial charge in [-0.2, -0.15) is 0 Å². The molecule has 0 amide bonds. The maximum atomic E-state index is 12.9. The van der Waals surface area contributed by atoms with Crippen LogP contribution < -0.4 is 0 Å². The Kier molecular flexibility index (Phi) is 44.0. The van der Waals surface area contributed by atoms with Gasteiger partial charge in [0, 0.05) is 13.0 Å². The molecule has 12 nitrogen and oxygen atoms in total. The molecule has 0 saturated heterocycles. The van der Waals surface area contributed by atoms with Gasteiger partial charge in [0.05, 0.1) is 13.2 Å². The quantitative estimate of drug-likeness (QED) is 0.0147. The lowest BCUT2D eigenvalue weighted by atomic mass is 9.85. The first kappa shape index (κ1) is 66.8. The van der Waals surface area contributed by atoms with Crippen LogP contribution in [0.15, 0.2) is 122 Å². The van der Waals surface area contributed by atoms with Crippen molar-refractivity contribution < 1.29 is 58.3 Å². The lowest BCUT2D eigenvalue weighted by Crippen LogP contribution is -2.64. The molecule has 0 radical (unpaired) electrons. The van der Waals surface area contributed by atoms with E-state index in [4.69, 9.17) is 18.5 Å². The second kappa shape index (κ2) is 47.5. The maximum Gasteiger partial charge on any atom is 0.472 e. The normalized spacial score (nSPS) is 21.6. The number of rotatable bonds is 45. The largest absolute Gasteiger partial charge is 0.472 e. The number of carbonyl (C=O) groups is 1. The minimum Gasteiger partial charge on any atom is -0.457 e. The van der Waals surface area contributed by atoms with Crippen molar-refractivity contribution in [2.75, 3.05) is 19.8 Å². The summed E-state index contributed by atoms with van der Waals surface area (Å²) in [6.07, 6.45) is 56.9. The van der Waals surface area contributed by atoms with E-state index in [0.29, 0.717) is 13.0 Å². The molecule has 1 fully saturated rings. The molecule has 0 aromatic carbocycles. The van der Waals surface area contributed by atoms with E-state index in [1.54, 1.807) is 0 Å². The van der Waals surface area contributed by atoms with Crippen LogP contribution in [0.1, 0.15) is 181 Å². The molecular weight excluding hydrogens is 932 g/mol. The van der Waals surface area contributed by atoms with Crippen molar-refractivity contribution in [1.29, 1.82) is 0 Å². The van der Waals surface area contributed by atoms with Gasteiger partial charge in [-0.05, 0) is 103 Å². The Labute approximate surface area is 435 Å². The Morgan fingerprint density at radius 2 is 0.778 bits per heavy atom. The standard InChI is InChI=1S/C59H97O12P/c1-3-5-7-9-11-13-15-17-19-21-23-25-26-27-29-31-33-35-37-39-41-43-45-47-49-68-50-52(51-69-72(66,67)71-59-57(64)55(62)54(61)56(63)58(59)65)70-53(60)48-46-44-42-40-38-36-34-32-30-28-24-22-20-18-16-14-12-10-8-6-4-2/h5-8,11-14,17-20,23-25,28,32,34,38,40,52,54-59,61-65H,3-4,9-10,15-16,21-22,26-27,29-31,33,35-37,39,41-51H2,1-2H3,(H,66,67)/b7-5-,8-6-,13-11-,14-12-,19-17-,20-18-,25-23-,28-24-,34-32-,40-38-. The van der Waals surface area contributed by atoms with E-state index < -0.39 is 63.1 Å². The number of aliphatic hydroxyl groups is 5. The lowest BCUT2D eigenvalue weighted by molar-refractivity contribution is -0.220. The summed E-state index contributed by atoms with van der Waals surface area (Å²) in [5.74, 6) is -0.524. The minimum atomic E-state index is -5.05. The predicted molar refractivity (Wildman–Crippen MR) is 294 cm³/mol. The molecule has 410 valence electrons. The number of hydrogen-bond donors (Lipinski definition) is 6. The Hall–Kier alpha value is -3.26. The van der Waals surface area contributed by atoms with Gasteiger partial charge in [0.15, 0.2) is 0 Å². The smallest absolute Gasteiger partial charge is 0.457 e. The number of ether oxygens (including phenoxy) is 2. The van der Waals surface area contributed by atoms with Gasteiger partial charge in [0.2, 0.25) is 0 Å². The zero-order valence-electron chi connectivity index (χ0n) is 44.2. The van der Waals surface area contributed by atoms with Crippen molar-refractivity contribution in [3.05, 3.63) is 122 Å². The molecular formula is C59H97O12P. The monoisotopic (exact) mass is 1030 g/mol. The molecule has 0 heterocycles. The molecule has 6 unspecified atom stereocenters. The number of carbonyl (C=O) groups excluding carboxylic acids is 1. The molecule has 6 N–H and O–H groups in total. The van der Waals surface area contributed by atoms with Gasteiger partial charge >= 0.3 is 13.8 Å². The highest BCUT2D eigenvalue weighted by molar-refractivity contribution is 7.47. The number of aliphatic hydroxyl groups excluding tert-OH is 5. The second-order valence-electron chi connectivity index (χ2n) is 18.3. The van der Waals surface area contributed by atoms with Gasteiger partial charge in [0.1, 0.15) is 42.7 Å². The molecule has 0 aromatic rings. The maximum absolute atomic E-state index is 12.9. The van der Waals surface area contributed by atoms with Crippen LogP contribution >= 0.6 is 7.82 Å². The summed E-state index contributed by atoms with van der Waals surface area (Å²) >= 11 is 0. The predicted octanol–water partition coefficient (Wildman–Crippen LogP) is 13.0. The van der Waals surface area contributed by atoms with Crippen molar-refractivity contribution in [3.63, 3.8) is 0 Å². The molecule has 0 spiro atoms. The summed E-state index contributed by atoms with van der Waals surface area (Å²) < 4.78 is 34.3. The second-order valence-corrected chi connectivity index (χ2v) is 19.7. The van der Waals surface area contributed by atoms with Gasteiger partial charge in [-0.1, -0.05) is 193 Å². The van der Waals surface area contributed by atoms with Crippen LogP contribution in [-0.4, -0.2) is 98.9 Å². The molecule has 13 heteroatoms. The van der Waals surface area contributed by atoms with Crippen molar-refractivity contribution >= 4 is 13.8 Å². The van der Waals surface area contributed by atoms with E-state index in [-0.39, 0.29) is 13.0 Å². The molecule has 0 aromatic heterocycles. The molecule has 1 saturated carbocycles. The third-order valence-corrected chi connectivity index (χ3v) is 12.8. The Bertz CT molecular complexity index is 1650. The minimum absolute atomic E-state index is 0.105. The first-order chi connectivity index (χ1) is 35.0. The Balaban J connectivity index is 2.36. The molecule has 0 bridgehead atoms. The third-order valence-electron chi connectivity index (χ3n) is 11.8. The van der Waals surface area contributed by atoms with Crippen LogP contribution in [0.2, 0.25) is 0 Å². The zero-order chi connectivity index (χ0) is 52.6. The molecule has 1 aliphatic carbocycles. The van der Waals surface area contributed by atoms with Crippen molar-refractivity contribution in [2.45, 2.75) is 224 Å². The summed E-state index contributed by atoms with van der Waals surface area (Å²) in [5.41, 5.74) is 0. The fourth-order valence-electron chi connectivity index (χ4n) is 7.58. The van der Waals surface area contributed by atoms with E-state index in [1.165, 1.54) is 44.9 Å². The number of hydrogen-bond acceptors (Lipinski definition) is 11. The lowest BCUT2D eigenvalue weighted by Gasteiger charge is -2.41. The number of phosphoric acid groups is 1. The van der Waals surface area contributed by atoms with Crippen molar-refractivity contribution in [3.8, 4) is 0 Å². The molecule has 6 atom stereocenters. The van der Waals surface area contributed by atoms with Gasteiger partial charge in [-0.25, -0.2) is 4.57 Å². The molecule has 1 aliphatic rings. The average Bonchev–Trinajstić information content (AvgIpc) is 3.37. The Morgan fingerprint density at radius 1 is 0.444 bits per heavy atom. The number of esters is 1. The van der Waals surface area contributed by atoms with Gasteiger partial charge < -0.3 is 39.9 Å². The van der Waals surface area contributed by atoms with Crippen molar-refractivity contribution in [1.82, 2.24) is 0 Å². The van der Waals surface area contributed by atoms with Crippen LogP contribution in [0.3, 0.4) is 0 Å². The zero-order valence-corrected chi connectivity index (χ0v) is 45.1. The summed E-state index contributed by atoms with van der Waals surface area (Å²) in [7, 11) is -5.05. The summed E-state index contributed by atoms with van der Waals surface area (Å²) in [6.45, 7) is 3.98. The highest BCUT2D eigenvalue weighted by atomic mass is 31.2. The van der Waals surface area contributed by atoms with Crippen LogP contribution in [-0.2, 0) is 27.9 Å². The highest BCUT2D eigenvalue weighted by Gasteiger charge is 2.51. The molecule has 0 aliphatic heterocycles. The molecule has 1 rings (SSSR count). The highest BCUT2D eigenvalue weighted by Crippen LogP contribution is 2.47. The summed E-state index contributed by atoms with van der Waals surface area (Å²) in [4.78, 5) is 23.3. The fourth-order valence-corrected chi connectivity index (χ4v) is 8.56. The first-order valence-corrected chi connectivity index (χ1v) is 28.9. The SMILES string of the molecule is CC/C=C\C/C=C\C/C=C\C/C=C\C/C=C\C/C=C\CCCCC(=O)OC(COCCCCCCCCCCCCC/C=C\C/C=C\C/C=C\C/C=C\CC)COP(=O)(O)OC1C(O)C(O)C(O)C(O)C1O. The fraction of sp³-hybridized carbons (Fsp3) is 0.644. The Morgan fingerprint density at radius 3 is 1.18 bits per heavy atom. The van der Waals surface area contributed by atoms with Gasteiger partial charge in [-0.15, -0.1) is 0 Å². The van der Waals surface area contributed by atoms with Gasteiger partial charge in [-0.3, -0.25) is 13.8 Å². The number of phosphoric ester groups is 1. The van der Waals surface area contributed by atoms with Crippen LogP contribution in [0.25, 0.3) is 0 Å². The van der Waals surface area contributed by atoms with Gasteiger partial charge in [0.25, 0.3) is 0 Å². The van der Waals surface area contributed by atoms with E-state index >= 15 is 0 Å². The first-order valence-electron chi connectivity index (χ1n) is 27.4. The van der Waals surface area contributed by atoms with E-state index in [1.807, 2.05) is 0 Å². The average molecular weight is 1030 g/mol. The summed E-state index contributed by atoms with van der Waals surface area (Å²) in [5, 5.41) is 50.4. The van der Waals surface area contributed by atoms with Crippen molar-refractivity contribution in [2.24, 2.45) is 0 Å². The number of allylic oxidation sites excluding steroid dienone is 20. The van der Waals surface area contributed by atoms with Crippen LogP contribution in [0.4, 0.5) is 0 Å². The van der Waals surface area contributed by atoms with E-state index in [2.05, 4.69) is 135 Å². The van der Waals surface area contributed by atoms with Crippen LogP contribution in [0, 0.1) is 0 Å². The molecule has 72 heavy (non-hydrogen) atoms. The van der Waals surface area contributed by atoms with E-state index in [0.717, 1.165) is 109 Å². The number of unbranched alkanes of at least 4 members (excludes halogenated alkanes) is 13. The van der Waals surface area contributed by atoms with Crippen LogP contribution in [0.5, 0.6) is 0 Å². The topological polar surface area (TPSA) is 192 Å². The summed E-state index contributed by atoms with van der Waals surface area (Å²) in [6, 6.07) is 0. The van der Waals surface area contributed by atoms with E-state index in [9.17, 15) is 39.8 Å². The third kappa shape index (κ3) is 38.3.